The monoisotopic (exact) mass is 407 g/mol. The van der Waals surface area contributed by atoms with Gasteiger partial charge in [0.1, 0.15) is 18.2 Å². The van der Waals surface area contributed by atoms with Gasteiger partial charge in [0, 0.05) is 22.2 Å². The first kappa shape index (κ1) is 19.0. The van der Waals surface area contributed by atoms with Crippen LogP contribution in [0.2, 0.25) is 0 Å². The van der Waals surface area contributed by atoms with Crippen LogP contribution in [0.3, 0.4) is 0 Å². The molecule has 2 heterocycles. The summed E-state index contributed by atoms with van der Waals surface area (Å²) in [7, 11) is 0. The highest BCUT2D eigenvalue weighted by atomic mass is 19.1. The molecule has 0 radical (unpaired) electrons. The molecule has 0 saturated heterocycles. The maximum atomic E-state index is 14.0. The molecule has 2 aromatic carbocycles. The van der Waals surface area contributed by atoms with Crippen LogP contribution in [0.5, 0.6) is 5.75 Å². The molecule has 2 aliphatic rings. The molecule has 6 heteroatoms. The number of carbonyl (C=O) groups excluding carboxylic acids is 1. The summed E-state index contributed by atoms with van der Waals surface area (Å²) >= 11 is 0. The largest absolute Gasteiger partial charge is 0.467 e. The molecule has 0 amide bonds. The Morgan fingerprint density at radius 1 is 1.20 bits per heavy atom. The number of ether oxygens (including phenoxy) is 3. The Balaban J connectivity index is 1.51. The number of esters is 1. The fourth-order valence-corrected chi connectivity index (χ4v) is 4.35. The molecule has 5 rings (SSSR count). The zero-order chi connectivity index (χ0) is 20.7. The Labute approximate surface area is 173 Å². The first-order valence-electron chi connectivity index (χ1n) is 10.2. The van der Waals surface area contributed by atoms with Crippen molar-refractivity contribution in [1.29, 1.82) is 0 Å². The van der Waals surface area contributed by atoms with Crippen LogP contribution in [0.25, 0.3) is 10.9 Å². The molecule has 0 bridgehead atoms. The van der Waals surface area contributed by atoms with E-state index in [0.717, 1.165) is 53.4 Å². The highest BCUT2D eigenvalue weighted by Gasteiger charge is 2.25. The standard InChI is InChI=1S/C24H22FNO4/c1-14-6-7-21-19(8-14)22(18-4-2-3-5-20(18)26-21)24(27)29-12-16-10-17(25)9-15-11-28-13-30-23(15)16/h6-10H,2-5,11-13H2,1H3. The van der Waals surface area contributed by atoms with Crippen molar-refractivity contribution in [1.82, 2.24) is 4.98 Å². The van der Waals surface area contributed by atoms with Gasteiger partial charge in [0.2, 0.25) is 0 Å². The predicted octanol–water partition coefficient (Wildman–Crippen LogP) is 4.78. The number of rotatable bonds is 3. The van der Waals surface area contributed by atoms with E-state index in [4.69, 9.17) is 19.2 Å². The third-order valence-electron chi connectivity index (χ3n) is 5.73. The molecule has 0 fully saturated rings. The Morgan fingerprint density at radius 2 is 2.07 bits per heavy atom. The van der Waals surface area contributed by atoms with E-state index in [-0.39, 0.29) is 20.0 Å². The summed E-state index contributed by atoms with van der Waals surface area (Å²) < 4.78 is 30.5. The number of nitrogens with zero attached hydrogens (tertiary/aromatic N) is 1. The Kier molecular flexibility index (Phi) is 4.87. The molecule has 0 unspecified atom stereocenters. The number of halogens is 1. The Hall–Kier alpha value is -2.99. The van der Waals surface area contributed by atoms with Gasteiger partial charge in [0.05, 0.1) is 17.7 Å². The van der Waals surface area contributed by atoms with E-state index in [2.05, 4.69) is 0 Å². The van der Waals surface area contributed by atoms with Crippen LogP contribution in [-0.4, -0.2) is 17.7 Å². The minimum Gasteiger partial charge on any atom is -0.467 e. The molecule has 0 atom stereocenters. The Bertz CT molecular complexity index is 1160. The summed E-state index contributed by atoms with van der Waals surface area (Å²) in [6.45, 7) is 2.30. The summed E-state index contributed by atoms with van der Waals surface area (Å²) in [5.74, 6) is -0.277. The van der Waals surface area contributed by atoms with Gasteiger partial charge in [-0.1, -0.05) is 11.6 Å². The van der Waals surface area contributed by atoms with Crippen molar-refractivity contribution in [3.63, 3.8) is 0 Å². The van der Waals surface area contributed by atoms with Gasteiger partial charge in [-0.3, -0.25) is 4.98 Å². The maximum absolute atomic E-state index is 14.0. The molecule has 5 nitrogen and oxygen atoms in total. The second-order valence-electron chi connectivity index (χ2n) is 7.88. The molecule has 1 aliphatic heterocycles. The van der Waals surface area contributed by atoms with Gasteiger partial charge in [-0.15, -0.1) is 0 Å². The lowest BCUT2D eigenvalue weighted by Gasteiger charge is -2.22. The quantitative estimate of drug-likeness (QED) is 0.585. The normalized spacial score (nSPS) is 15.3. The first-order chi connectivity index (χ1) is 14.6. The van der Waals surface area contributed by atoms with Crippen molar-refractivity contribution in [3.8, 4) is 5.75 Å². The van der Waals surface area contributed by atoms with Crippen molar-refractivity contribution >= 4 is 16.9 Å². The molecule has 1 aliphatic carbocycles. The minimum atomic E-state index is -0.406. The van der Waals surface area contributed by atoms with E-state index in [1.165, 1.54) is 12.1 Å². The summed E-state index contributed by atoms with van der Waals surface area (Å²) in [5, 5.41) is 0.812. The van der Waals surface area contributed by atoms with Crippen LogP contribution in [0.1, 0.15) is 51.1 Å². The lowest BCUT2D eigenvalue weighted by atomic mass is 9.89. The molecule has 0 N–H and O–H groups in total. The third kappa shape index (κ3) is 3.41. The number of benzene rings is 2. The molecule has 0 saturated carbocycles. The van der Waals surface area contributed by atoms with E-state index < -0.39 is 11.8 Å². The fourth-order valence-electron chi connectivity index (χ4n) is 4.35. The van der Waals surface area contributed by atoms with Gasteiger partial charge >= 0.3 is 5.97 Å². The lowest BCUT2D eigenvalue weighted by Crippen LogP contribution is -2.17. The zero-order valence-electron chi connectivity index (χ0n) is 16.8. The number of carbonyl (C=O) groups is 1. The van der Waals surface area contributed by atoms with Crippen LogP contribution in [-0.2, 0) is 35.5 Å². The van der Waals surface area contributed by atoms with Gasteiger partial charge in [-0.25, -0.2) is 9.18 Å². The third-order valence-corrected chi connectivity index (χ3v) is 5.73. The number of aromatic nitrogens is 1. The average Bonchev–Trinajstić information content (AvgIpc) is 2.75. The van der Waals surface area contributed by atoms with E-state index in [1.807, 2.05) is 25.1 Å². The van der Waals surface area contributed by atoms with Gasteiger partial charge in [0.25, 0.3) is 0 Å². The highest BCUT2D eigenvalue weighted by Crippen LogP contribution is 2.33. The topological polar surface area (TPSA) is 57.7 Å². The average molecular weight is 407 g/mol. The summed E-state index contributed by atoms with van der Waals surface area (Å²) in [6.07, 6.45) is 3.77. The molecule has 0 spiro atoms. The van der Waals surface area contributed by atoms with Gasteiger partial charge in [0.15, 0.2) is 6.79 Å². The molecule has 30 heavy (non-hydrogen) atoms. The fraction of sp³-hybridized carbons (Fsp3) is 0.333. The van der Waals surface area contributed by atoms with Gasteiger partial charge < -0.3 is 14.2 Å². The maximum Gasteiger partial charge on any atom is 0.339 e. The predicted molar refractivity (Wildman–Crippen MR) is 109 cm³/mol. The molecular formula is C24H22FNO4. The molecule has 154 valence electrons. The van der Waals surface area contributed by atoms with Crippen LogP contribution in [0.4, 0.5) is 4.39 Å². The second kappa shape index (κ2) is 7.69. The SMILES string of the molecule is Cc1ccc2nc3c(c(C(=O)OCc4cc(F)cc5c4OCOC5)c2c1)CCCC3. The molecule has 1 aromatic heterocycles. The van der Waals surface area contributed by atoms with Crippen molar-refractivity contribution in [3.05, 3.63) is 69.7 Å². The molecule has 3 aromatic rings. The van der Waals surface area contributed by atoms with Crippen molar-refractivity contribution in [2.24, 2.45) is 0 Å². The van der Waals surface area contributed by atoms with E-state index in [1.54, 1.807) is 0 Å². The van der Waals surface area contributed by atoms with E-state index in [9.17, 15) is 9.18 Å². The van der Waals surface area contributed by atoms with Gasteiger partial charge in [-0.05, 0) is 62.4 Å². The minimum absolute atomic E-state index is 0.0661. The number of pyridine rings is 1. The van der Waals surface area contributed by atoms with Crippen molar-refractivity contribution in [2.75, 3.05) is 6.79 Å². The number of fused-ring (bicyclic) bond motifs is 3. The van der Waals surface area contributed by atoms with Crippen molar-refractivity contribution in [2.45, 2.75) is 45.8 Å². The van der Waals surface area contributed by atoms with Crippen LogP contribution >= 0.6 is 0 Å². The Morgan fingerprint density at radius 3 is 2.97 bits per heavy atom. The summed E-state index contributed by atoms with van der Waals surface area (Å²) in [5.41, 5.74) is 5.54. The van der Waals surface area contributed by atoms with Gasteiger partial charge in [-0.2, -0.15) is 0 Å². The van der Waals surface area contributed by atoms with Crippen LogP contribution < -0.4 is 4.74 Å². The molecular weight excluding hydrogens is 385 g/mol. The summed E-state index contributed by atoms with van der Waals surface area (Å²) in [6, 6.07) is 8.67. The van der Waals surface area contributed by atoms with Crippen LogP contribution in [0.15, 0.2) is 30.3 Å². The lowest BCUT2D eigenvalue weighted by molar-refractivity contribution is -0.0182. The number of hydrogen-bond donors (Lipinski definition) is 0. The number of hydrogen-bond acceptors (Lipinski definition) is 5. The first-order valence-corrected chi connectivity index (χ1v) is 10.2. The second-order valence-corrected chi connectivity index (χ2v) is 7.88. The smallest absolute Gasteiger partial charge is 0.339 e. The number of aryl methyl sites for hydroxylation is 2. The van der Waals surface area contributed by atoms with Crippen LogP contribution in [0, 0.1) is 12.7 Å². The van der Waals surface area contributed by atoms with Crippen molar-refractivity contribution < 1.29 is 23.4 Å². The zero-order valence-corrected chi connectivity index (χ0v) is 16.8. The van der Waals surface area contributed by atoms with E-state index >= 15 is 0 Å². The van der Waals surface area contributed by atoms with E-state index in [0.29, 0.717) is 22.4 Å². The highest BCUT2D eigenvalue weighted by molar-refractivity contribution is 6.05. The summed E-state index contributed by atoms with van der Waals surface area (Å²) in [4.78, 5) is 18.1.